The molecule has 1 heterocycles. The van der Waals surface area contributed by atoms with Gasteiger partial charge >= 0.3 is 5.35 Å². The van der Waals surface area contributed by atoms with Crippen molar-refractivity contribution in [1.29, 1.82) is 0 Å². The molecule has 1 aromatic carbocycles. The van der Waals surface area contributed by atoms with Crippen molar-refractivity contribution in [3.8, 4) is 11.5 Å². The SMILES string of the molecule is Fc1cc(-c2nnc(Cl)o2)cc(F)c1F. The van der Waals surface area contributed by atoms with E-state index in [-0.39, 0.29) is 16.8 Å². The summed E-state index contributed by atoms with van der Waals surface area (Å²) < 4.78 is 42.9. The van der Waals surface area contributed by atoms with Crippen molar-refractivity contribution in [3.63, 3.8) is 0 Å². The minimum absolute atomic E-state index is 0.0780. The molecule has 3 nitrogen and oxygen atoms in total. The Hall–Kier alpha value is -1.56. The second-order valence-corrected chi connectivity index (χ2v) is 2.94. The van der Waals surface area contributed by atoms with Gasteiger partial charge in [0, 0.05) is 5.56 Å². The molecule has 0 atom stereocenters. The van der Waals surface area contributed by atoms with Gasteiger partial charge in [0.2, 0.25) is 5.89 Å². The molecule has 0 radical (unpaired) electrons. The monoisotopic (exact) mass is 234 g/mol. The molecule has 0 bridgehead atoms. The minimum Gasteiger partial charge on any atom is -0.407 e. The van der Waals surface area contributed by atoms with Crippen LogP contribution in [0.2, 0.25) is 5.35 Å². The Morgan fingerprint density at radius 2 is 1.67 bits per heavy atom. The van der Waals surface area contributed by atoms with Crippen LogP contribution in [0.3, 0.4) is 0 Å². The summed E-state index contributed by atoms with van der Waals surface area (Å²) in [4.78, 5) is 0. The van der Waals surface area contributed by atoms with Gasteiger partial charge in [0.15, 0.2) is 17.5 Å². The number of hydrogen-bond acceptors (Lipinski definition) is 3. The highest BCUT2D eigenvalue weighted by Gasteiger charge is 2.15. The second kappa shape index (κ2) is 3.54. The van der Waals surface area contributed by atoms with Crippen molar-refractivity contribution in [3.05, 3.63) is 34.9 Å². The van der Waals surface area contributed by atoms with Gasteiger partial charge in [0.05, 0.1) is 0 Å². The molecule has 0 saturated carbocycles. The van der Waals surface area contributed by atoms with E-state index in [1.807, 2.05) is 0 Å². The molecule has 78 valence electrons. The maximum Gasteiger partial charge on any atom is 0.313 e. The van der Waals surface area contributed by atoms with Crippen LogP contribution in [0.4, 0.5) is 13.2 Å². The summed E-state index contributed by atoms with van der Waals surface area (Å²) in [6, 6.07) is 1.48. The van der Waals surface area contributed by atoms with Crippen molar-refractivity contribution in [2.24, 2.45) is 0 Å². The third-order valence-corrected chi connectivity index (χ3v) is 1.78. The Balaban J connectivity index is 2.55. The van der Waals surface area contributed by atoms with E-state index in [0.717, 1.165) is 12.1 Å². The van der Waals surface area contributed by atoms with Crippen LogP contribution in [0.15, 0.2) is 16.5 Å². The molecular formula is C8H2ClF3N2O. The van der Waals surface area contributed by atoms with Crippen LogP contribution in [0.1, 0.15) is 0 Å². The third kappa shape index (κ3) is 1.80. The average Bonchev–Trinajstić information content (AvgIpc) is 2.60. The van der Waals surface area contributed by atoms with Crippen LogP contribution >= 0.6 is 11.6 Å². The van der Waals surface area contributed by atoms with Crippen molar-refractivity contribution in [2.75, 3.05) is 0 Å². The van der Waals surface area contributed by atoms with E-state index in [1.54, 1.807) is 0 Å². The topological polar surface area (TPSA) is 38.9 Å². The molecule has 7 heteroatoms. The maximum absolute atomic E-state index is 12.8. The Bertz CT molecular complexity index is 491. The summed E-state index contributed by atoms with van der Waals surface area (Å²) >= 11 is 5.32. The van der Waals surface area contributed by atoms with Crippen molar-refractivity contribution >= 4 is 11.6 Å². The van der Waals surface area contributed by atoms with Gasteiger partial charge in [-0.3, -0.25) is 0 Å². The van der Waals surface area contributed by atoms with E-state index in [9.17, 15) is 13.2 Å². The van der Waals surface area contributed by atoms with E-state index in [2.05, 4.69) is 10.2 Å². The van der Waals surface area contributed by atoms with E-state index in [0.29, 0.717) is 0 Å². The van der Waals surface area contributed by atoms with Gasteiger partial charge in [-0.15, -0.1) is 5.10 Å². The summed E-state index contributed by atoms with van der Waals surface area (Å²) in [5, 5.41) is 6.41. The molecule has 0 saturated heterocycles. The lowest BCUT2D eigenvalue weighted by Gasteiger charge is -1.97. The van der Waals surface area contributed by atoms with Crippen LogP contribution in [-0.4, -0.2) is 10.2 Å². The highest BCUT2D eigenvalue weighted by atomic mass is 35.5. The van der Waals surface area contributed by atoms with Crippen LogP contribution in [0, 0.1) is 17.5 Å². The van der Waals surface area contributed by atoms with Crippen LogP contribution < -0.4 is 0 Å². The zero-order valence-corrected chi connectivity index (χ0v) is 7.73. The smallest absolute Gasteiger partial charge is 0.313 e. The average molecular weight is 235 g/mol. The fraction of sp³-hybridized carbons (Fsp3) is 0. The normalized spacial score (nSPS) is 10.7. The van der Waals surface area contributed by atoms with Crippen LogP contribution in [0.5, 0.6) is 0 Å². The number of halogens is 4. The highest BCUT2D eigenvalue weighted by Crippen LogP contribution is 2.23. The Morgan fingerprint density at radius 3 is 2.13 bits per heavy atom. The molecule has 0 aliphatic carbocycles. The van der Waals surface area contributed by atoms with Gasteiger partial charge < -0.3 is 4.42 Å². The standard InChI is InChI=1S/C8H2ClF3N2O/c9-8-14-13-7(15-8)3-1-4(10)6(12)5(11)2-3/h1-2H. The summed E-state index contributed by atoms with van der Waals surface area (Å²) in [5.41, 5.74) is -0.0780. The van der Waals surface area contributed by atoms with E-state index in [4.69, 9.17) is 16.0 Å². The van der Waals surface area contributed by atoms with Gasteiger partial charge in [0.1, 0.15) is 0 Å². The molecular weight excluding hydrogens is 233 g/mol. The van der Waals surface area contributed by atoms with E-state index in [1.165, 1.54) is 0 Å². The molecule has 15 heavy (non-hydrogen) atoms. The first-order chi connectivity index (χ1) is 7.08. The predicted molar refractivity (Wildman–Crippen MR) is 44.6 cm³/mol. The molecule has 0 N–H and O–H groups in total. The third-order valence-electron chi connectivity index (χ3n) is 1.63. The first kappa shape index (κ1) is 9.97. The molecule has 0 amide bonds. The molecule has 0 aliphatic rings. The quantitative estimate of drug-likeness (QED) is 0.712. The Kier molecular flexibility index (Phi) is 2.36. The maximum atomic E-state index is 12.8. The van der Waals surface area contributed by atoms with Crippen molar-refractivity contribution in [2.45, 2.75) is 0 Å². The van der Waals surface area contributed by atoms with Gasteiger partial charge in [-0.2, -0.15) is 0 Å². The summed E-state index contributed by atoms with van der Waals surface area (Å²) in [7, 11) is 0. The fourth-order valence-electron chi connectivity index (χ4n) is 1.00. The lowest BCUT2D eigenvalue weighted by molar-refractivity contribution is 0.446. The van der Waals surface area contributed by atoms with Crippen LogP contribution in [0.25, 0.3) is 11.5 Å². The van der Waals surface area contributed by atoms with Gasteiger partial charge in [-0.1, -0.05) is 5.10 Å². The zero-order chi connectivity index (χ0) is 11.0. The number of rotatable bonds is 1. The number of hydrogen-bond donors (Lipinski definition) is 0. The predicted octanol–water partition coefficient (Wildman–Crippen LogP) is 2.81. The first-order valence-corrected chi connectivity index (χ1v) is 4.09. The molecule has 0 aliphatic heterocycles. The second-order valence-electron chi connectivity index (χ2n) is 2.61. The van der Waals surface area contributed by atoms with Crippen molar-refractivity contribution in [1.82, 2.24) is 10.2 Å². The lowest BCUT2D eigenvalue weighted by Crippen LogP contribution is -1.91. The molecule has 1 aromatic heterocycles. The van der Waals surface area contributed by atoms with Crippen LogP contribution in [-0.2, 0) is 0 Å². The van der Waals surface area contributed by atoms with E-state index < -0.39 is 17.5 Å². The van der Waals surface area contributed by atoms with E-state index >= 15 is 0 Å². The largest absolute Gasteiger partial charge is 0.407 e. The molecule has 2 aromatic rings. The van der Waals surface area contributed by atoms with Gasteiger partial charge in [-0.25, -0.2) is 13.2 Å². The molecule has 0 fully saturated rings. The van der Waals surface area contributed by atoms with Gasteiger partial charge in [0.25, 0.3) is 0 Å². The molecule has 2 rings (SSSR count). The summed E-state index contributed by atoms with van der Waals surface area (Å²) in [6.45, 7) is 0. The molecule has 0 unspecified atom stereocenters. The number of nitrogens with zero attached hydrogens (tertiary/aromatic N) is 2. The van der Waals surface area contributed by atoms with Crippen molar-refractivity contribution < 1.29 is 17.6 Å². The lowest BCUT2D eigenvalue weighted by atomic mass is 10.2. The summed E-state index contributed by atoms with van der Waals surface area (Å²) in [5.74, 6) is -4.40. The Morgan fingerprint density at radius 1 is 1.07 bits per heavy atom. The van der Waals surface area contributed by atoms with Gasteiger partial charge in [-0.05, 0) is 23.7 Å². The zero-order valence-electron chi connectivity index (χ0n) is 6.97. The number of aromatic nitrogens is 2. The minimum atomic E-state index is -1.55. The summed E-state index contributed by atoms with van der Waals surface area (Å²) in [6.07, 6.45) is 0. The number of benzene rings is 1. The molecule has 0 spiro atoms. The fourth-order valence-corrected chi connectivity index (χ4v) is 1.11. The first-order valence-electron chi connectivity index (χ1n) is 3.72. The Labute approximate surface area is 86.5 Å². The highest BCUT2D eigenvalue weighted by molar-refractivity contribution is 6.27.